The lowest BCUT2D eigenvalue weighted by Crippen LogP contribution is -2.18. The predicted molar refractivity (Wildman–Crippen MR) is 96.0 cm³/mol. The van der Waals surface area contributed by atoms with Gasteiger partial charge in [0.15, 0.2) is 5.69 Å². The van der Waals surface area contributed by atoms with Crippen LogP contribution in [0.4, 0.5) is 5.69 Å². The molecular weight excluding hydrogens is 390 g/mol. The van der Waals surface area contributed by atoms with Crippen molar-refractivity contribution in [2.45, 2.75) is 11.4 Å². The number of rotatable bonds is 2. The quantitative estimate of drug-likeness (QED) is 0.652. The molecule has 0 saturated heterocycles. The number of anilines is 1. The summed E-state index contributed by atoms with van der Waals surface area (Å²) in [7, 11) is 0. The molecule has 0 unspecified atom stereocenters. The van der Waals surface area contributed by atoms with Gasteiger partial charge < -0.3 is 10.1 Å². The van der Waals surface area contributed by atoms with Crippen molar-refractivity contribution in [3.63, 3.8) is 0 Å². The molecular formula is C16H12BrN5OS. The monoisotopic (exact) mass is 401 g/mol. The van der Waals surface area contributed by atoms with Crippen molar-refractivity contribution in [1.29, 1.82) is 0 Å². The zero-order chi connectivity index (χ0) is 16.5. The highest BCUT2D eigenvalue weighted by Crippen LogP contribution is 2.40. The maximum Gasteiger partial charge on any atom is 0.247 e. The van der Waals surface area contributed by atoms with Crippen LogP contribution in [-0.4, -0.2) is 26.4 Å². The molecule has 0 bridgehead atoms. The summed E-state index contributed by atoms with van der Waals surface area (Å²) in [4.78, 5) is 8.86. The summed E-state index contributed by atoms with van der Waals surface area (Å²) in [6, 6.07) is 11.6. The normalized spacial score (nSPS) is 15.5. The van der Waals surface area contributed by atoms with Crippen LogP contribution in [0, 0.1) is 0 Å². The largest absolute Gasteiger partial charge is 0.446 e. The number of pyridine rings is 1. The van der Waals surface area contributed by atoms with Gasteiger partial charge in [0.1, 0.15) is 5.69 Å². The lowest BCUT2D eigenvalue weighted by Gasteiger charge is -2.18. The average Bonchev–Trinajstić information content (AvgIpc) is 2.78. The van der Waals surface area contributed by atoms with E-state index >= 15 is 0 Å². The van der Waals surface area contributed by atoms with Gasteiger partial charge in [0.05, 0.1) is 0 Å². The SMILES string of the molecule is CSc1nnc2c(n1)O[C@@H](c1ccccn1)Nc1ccc(Br)cc1-2. The van der Waals surface area contributed by atoms with Crippen molar-refractivity contribution in [3.05, 3.63) is 52.8 Å². The third-order valence-corrected chi connectivity index (χ3v) is 4.56. The molecule has 0 radical (unpaired) electrons. The van der Waals surface area contributed by atoms with E-state index in [9.17, 15) is 0 Å². The Morgan fingerprint density at radius 2 is 2.12 bits per heavy atom. The second kappa shape index (κ2) is 6.37. The Kier molecular flexibility index (Phi) is 4.07. The third-order valence-electron chi connectivity index (χ3n) is 3.53. The summed E-state index contributed by atoms with van der Waals surface area (Å²) in [6.07, 6.45) is 3.18. The number of nitrogens with one attached hydrogen (secondary N) is 1. The zero-order valence-electron chi connectivity index (χ0n) is 12.6. The molecule has 0 aliphatic carbocycles. The highest BCUT2D eigenvalue weighted by molar-refractivity contribution is 9.10. The van der Waals surface area contributed by atoms with E-state index in [1.807, 2.05) is 42.7 Å². The number of aromatic nitrogens is 4. The fraction of sp³-hybridized carbons (Fsp3) is 0.125. The molecule has 2 aromatic heterocycles. The number of benzene rings is 1. The first-order valence-corrected chi connectivity index (χ1v) is 9.19. The summed E-state index contributed by atoms with van der Waals surface area (Å²) < 4.78 is 7.04. The summed E-state index contributed by atoms with van der Waals surface area (Å²) in [6.45, 7) is 0. The van der Waals surface area contributed by atoms with Crippen LogP contribution < -0.4 is 10.1 Å². The maximum atomic E-state index is 6.09. The minimum Gasteiger partial charge on any atom is -0.446 e. The maximum absolute atomic E-state index is 6.09. The van der Waals surface area contributed by atoms with Gasteiger partial charge in [-0.05, 0) is 36.6 Å². The van der Waals surface area contributed by atoms with Crippen LogP contribution in [0.1, 0.15) is 11.9 Å². The van der Waals surface area contributed by atoms with Crippen LogP contribution in [0.2, 0.25) is 0 Å². The van der Waals surface area contributed by atoms with Gasteiger partial charge in [-0.3, -0.25) is 4.98 Å². The van der Waals surface area contributed by atoms with Gasteiger partial charge in [-0.1, -0.05) is 33.8 Å². The topological polar surface area (TPSA) is 72.8 Å². The highest BCUT2D eigenvalue weighted by Gasteiger charge is 2.26. The van der Waals surface area contributed by atoms with Gasteiger partial charge in [-0.25, -0.2) is 0 Å². The molecule has 1 aliphatic heterocycles. The van der Waals surface area contributed by atoms with E-state index in [4.69, 9.17) is 4.74 Å². The van der Waals surface area contributed by atoms with Crippen molar-refractivity contribution >= 4 is 33.4 Å². The first kappa shape index (κ1) is 15.3. The summed E-state index contributed by atoms with van der Waals surface area (Å²) in [5.74, 6) is 0.439. The lowest BCUT2D eigenvalue weighted by atomic mass is 10.1. The fourth-order valence-corrected chi connectivity index (χ4v) is 3.08. The number of nitrogens with zero attached hydrogens (tertiary/aromatic N) is 4. The molecule has 0 amide bonds. The number of halogens is 1. The summed E-state index contributed by atoms with van der Waals surface area (Å²) in [5, 5.41) is 12.4. The minimum atomic E-state index is -0.459. The molecule has 6 nitrogen and oxygen atoms in total. The van der Waals surface area contributed by atoms with E-state index in [2.05, 4.69) is 41.4 Å². The van der Waals surface area contributed by atoms with E-state index in [0.29, 0.717) is 16.7 Å². The van der Waals surface area contributed by atoms with E-state index in [1.54, 1.807) is 6.20 Å². The Morgan fingerprint density at radius 3 is 2.92 bits per heavy atom. The van der Waals surface area contributed by atoms with Crippen LogP contribution in [0.3, 0.4) is 0 Å². The Hall–Kier alpha value is -2.19. The van der Waals surface area contributed by atoms with Crippen LogP contribution in [0.25, 0.3) is 11.3 Å². The standard InChI is InChI=1S/C16H12BrN5OS/c1-24-16-20-15-13(21-22-16)10-8-9(17)5-6-11(10)19-14(23-15)12-4-2-3-7-18-12/h2-8,14,19H,1H3/t14-/m0/s1. The second-order valence-corrected chi connectivity index (χ2v) is 6.73. The number of fused-ring (bicyclic) bond motifs is 3. The first-order chi connectivity index (χ1) is 11.7. The lowest BCUT2D eigenvalue weighted by molar-refractivity contribution is 0.220. The van der Waals surface area contributed by atoms with Crippen LogP contribution in [0.15, 0.2) is 52.2 Å². The molecule has 0 spiro atoms. The number of hydrogen-bond acceptors (Lipinski definition) is 7. The molecule has 1 N–H and O–H groups in total. The highest BCUT2D eigenvalue weighted by atomic mass is 79.9. The molecule has 1 aliphatic rings. The van der Waals surface area contributed by atoms with Crippen molar-refractivity contribution in [1.82, 2.24) is 20.2 Å². The van der Waals surface area contributed by atoms with Crippen molar-refractivity contribution in [2.75, 3.05) is 11.6 Å². The van der Waals surface area contributed by atoms with Gasteiger partial charge in [-0.2, -0.15) is 4.98 Å². The summed E-state index contributed by atoms with van der Waals surface area (Å²) >= 11 is 4.92. The van der Waals surface area contributed by atoms with Gasteiger partial charge >= 0.3 is 0 Å². The van der Waals surface area contributed by atoms with E-state index in [0.717, 1.165) is 21.4 Å². The molecule has 3 heterocycles. The number of ether oxygens (including phenoxy) is 1. The van der Waals surface area contributed by atoms with Gasteiger partial charge in [0, 0.05) is 21.9 Å². The Bertz CT molecular complexity index is 893. The minimum absolute atomic E-state index is 0.439. The summed E-state index contributed by atoms with van der Waals surface area (Å²) in [5.41, 5.74) is 3.14. The average molecular weight is 402 g/mol. The first-order valence-electron chi connectivity index (χ1n) is 7.17. The third kappa shape index (κ3) is 2.83. The van der Waals surface area contributed by atoms with E-state index < -0.39 is 6.23 Å². The van der Waals surface area contributed by atoms with Crippen molar-refractivity contribution in [2.24, 2.45) is 0 Å². The van der Waals surface area contributed by atoms with Gasteiger partial charge in [0.25, 0.3) is 0 Å². The van der Waals surface area contributed by atoms with Crippen LogP contribution >= 0.6 is 27.7 Å². The van der Waals surface area contributed by atoms with Gasteiger partial charge in [0.2, 0.25) is 17.3 Å². The predicted octanol–water partition coefficient (Wildman–Crippen LogP) is 3.92. The Balaban J connectivity index is 1.89. The Labute approximate surface area is 151 Å². The molecule has 1 aromatic carbocycles. The van der Waals surface area contributed by atoms with Crippen LogP contribution in [0.5, 0.6) is 5.88 Å². The fourth-order valence-electron chi connectivity index (χ4n) is 2.42. The number of thioether (sulfide) groups is 1. The van der Waals surface area contributed by atoms with Crippen molar-refractivity contribution in [3.8, 4) is 17.1 Å². The zero-order valence-corrected chi connectivity index (χ0v) is 15.0. The van der Waals surface area contributed by atoms with Crippen LogP contribution in [-0.2, 0) is 0 Å². The van der Waals surface area contributed by atoms with Gasteiger partial charge in [-0.15, -0.1) is 10.2 Å². The van der Waals surface area contributed by atoms with Crippen molar-refractivity contribution < 1.29 is 4.74 Å². The number of hydrogen-bond donors (Lipinski definition) is 1. The molecule has 24 heavy (non-hydrogen) atoms. The second-order valence-electron chi connectivity index (χ2n) is 5.04. The Morgan fingerprint density at radius 1 is 1.21 bits per heavy atom. The van der Waals surface area contributed by atoms with E-state index in [-0.39, 0.29) is 0 Å². The molecule has 120 valence electrons. The molecule has 3 aromatic rings. The van der Waals surface area contributed by atoms with E-state index in [1.165, 1.54) is 11.8 Å². The molecule has 8 heteroatoms. The molecule has 0 saturated carbocycles. The molecule has 4 rings (SSSR count). The molecule has 0 fully saturated rings. The molecule has 1 atom stereocenters. The smallest absolute Gasteiger partial charge is 0.247 e.